The normalized spacial score (nSPS) is 13.0. The Morgan fingerprint density at radius 2 is 1.46 bits per heavy atom. The number of aromatic amines is 1. The van der Waals surface area contributed by atoms with Crippen molar-refractivity contribution in [2.75, 3.05) is 0 Å². The zero-order valence-corrected chi connectivity index (χ0v) is 16.2. The van der Waals surface area contributed by atoms with E-state index in [0.717, 1.165) is 26.5 Å². The molecule has 5 heteroatoms. The molecule has 1 atom stereocenters. The summed E-state index contributed by atoms with van der Waals surface area (Å²) < 4.78 is 28.0. The topological polar surface area (TPSA) is 49.9 Å². The first-order valence-corrected chi connectivity index (χ1v) is 10.5. The molecule has 3 aromatic carbocycles. The van der Waals surface area contributed by atoms with Crippen LogP contribution >= 0.6 is 15.9 Å². The average Bonchev–Trinajstić information content (AvgIpc) is 3.08. The molecule has 1 heterocycles. The molecule has 4 aromatic rings. The number of aromatic nitrogens is 1. The van der Waals surface area contributed by atoms with Crippen molar-refractivity contribution >= 4 is 36.7 Å². The molecule has 1 unspecified atom stereocenters. The fourth-order valence-electron chi connectivity index (χ4n) is 3.26. The molecule has 1 aromatic heterocycles. The van der Waals surface area contributed by atoms with Crippen LogP contribution in [-0.2, 0) is 9.84 Å². The van der Waals surface area contributed by atoms with Gasteiger partial charge >= 0.3 is 0 Å². The molecule has 1 N–H and O–H groups in total. The van der Waals surface area contributed by atoms with Gasteiger partial charge in [-0.15, -0.1) is 0 Å². The Hall–Kier alpha value is -2.37. The molecule has 0 radical (unpaired) electrons. The Balaban J connectivity index is 2.00. The molecule has 0 aliphatic carbocycles. The lowest BCUT2D eigenvalue weighted by Crippen LogP contribution is -2.15. The highest BCUT2D eigenvalue weighted by Crippen LogP contribution is 2.39. The third-order valence-electron chi connectivity index (χ3n) is 4.46. The van der Waals surface area contributed by atoms with E-state index in [4.69, 9.17) is 0 Å². The highest BCUT2D eigenvalue weighted by atomic mass is 79.9. The quantitative estimate of drug-likeness (QED) is 0.469. The van der Waals surface area contributed by atoms with Crippen LogP contribution in [0.2, 0.25) is 0 Å². The number of H-pyrrole nitrogens is 1. The zero-order chi connectivity index (χ0) is 18.1. The minimum atomic E-state index is -3.62. The van der Waals surface area contributed by atoms with E-state index in [9.17, 15) is 8.42 Å². The number of benzene rings is 3. The van der Waals surface area contributed by atoms with Gasteiger partial charge in [0.15, 0.2) is 9.84 Å². The van der Waals surface area contributed by atoms with Gasteiger partial charge in [0.05, 0.1) is 10.4 Å². The fourth-order valence-corrected chi connectivity index (χ4v) is 5.59. The SMILES string of the molecule is O=S(=O)(c1ccccc1)C(c1ccccc1)c1c[nH]c2c(Br)cccc12. The van der Waals surface area contributed by atoms with E-state index >= 15 is 0 Å². The number of sulfone groups is 1. The summed E-state index contributed by atoms with van der Waals surface area (Å²) in [7, 11) is -3.62. The van der Waals surface area contributed by atoms with Crippen LogP contribution in [0.5, 0.6) is 0 Å². The lowest BCUT2D eigenvalue weighted by atomic mass is 10.0. The highest BCUT2D eigenvalue weighted by molar-refractivity contribution is 9.10. The van der Waals surface area contributed by atoms with E-state index in [-0.39, 0.29) is 0 Å². The molecule has 0 fully saturated rings. The van der Waals surface area contributed by atoms with Crippen molar-refractivity contribution in [3.8, 4) is 0 Å². The van der Waals surface area contributed by atoms with Gasteiger partial charge in [-0.05, 0) is 39.7 Å². The summed E-state index contributed by atoms with van der Waals surface area (Å²) >= 11 is 3.53. The van der Waals surface area contributed by atoms with Crippen molar-refractivity contribution in [3.05, 3.63) is 101 Å². The van der Waals surface area contributed by atoms with Gasteiger partial charge in [0.1, 0.15) is 5.25 Å². The van der Waals surface area contributed by atoms with E-state index < -0.39 is 15.1 Å². The van der Waals surface area contributed by atoms with Crippen LogP contribution in [0.1, 0.15) is 16.4 Å². The molecular weight excluding hydrogens is 410 g/mol. The molecule has 130 valence electrons. The van der Waals surface area contributed by atoms with Crippen LogP contribution in [0.3, 0.4) is 0 Å². The van der Waals surface area contributed by atoms with Crippen LogP contribution in [-0.4, -0.2) is 13.4 Å². The number of rotatable bonds is 4. The smallest absolute Gasteiger partial charge is 0.189 e. The Labute approximate surface area is 160 Å². The number of halogens is 1. The predicted octanol–water partition coefficient (Wildman–Crippen LogP) is 5.49. The van der Waals surface area contributed by atoms with Crippen LogP contribution < -0.4 is 0 Å². The first-order valence-electron chi connectivity index (χ1n) is 8.18. The van der Waals surface area contributed by atoms with Crippen molar-refractivity contribution < 1.29 is 8.42 Å². The molecule has 0 spiro atoms. The highest BCUT2D eigenvalue weighted by Gasteiger charge is 2.32. The minimum absolute atomic E-state index is 0.318. The third kappa shape index (κ3) is 2.87. The number of nitrogens with one attached hydrogen (secondary N) is 1. The van der Waals surface area contributed by atoms with Gasteiger partial charge in [-0.1, -0.05) is 60.7 Å². The summed E-state index contributed by atoms with van der Waals surface area (Å²) in [4.78, 5) is 3.54. The monoisotopic (exact) mass is 425 g/mol. The summed E-state index contributed by atoms with van der Waals surface area (Å²) in [5.74, 6) is 0. The van der Waals surface area contributed by atoms with E-state index in [1.54, 1.807) is 30.5 Å². The lowest BCUT2D eigenvalue weighted by Gasteiger charge is -2.18. The van der Waals surface area contributed by atoms with Crippen LogP contribution in [0, 0.1) is 0 Å². The standard InChI is InChI=1S/C21H16BrNO2S/c22-19-13-7-12-17-18(14-23-20(17)19)21(15-8-3-1-4-9-15)26(24,25)16-10-5-2-6-11-16/h1-14,21,23H. The molecule has 0 bridgehead atoms. The number of hydrogen-bond donors (Lipinski definition) is 1. The Bertz CT molecular complexity index is 1150. The maximum Gasteiger partial charge on any atom is 0.189 e. The largest absolute Gasteiger partial charge is 0.360 e. The third-order valence-corrected chi connectivity index (χ3v) is 7.20. The van der Waals surface area contributed by atoms with E-state index in [2.05, 4.69) is 20.9 Å². The van der Waals surface area contributed by atoms with Gasteiger partial charge in [0.2, 0.25) is 0 Å². The second-order valence-electron chi connectivity index (χ2n) is 6.06. The summed E-state index contributed by atoms with van der Waals surface area (Å²) in [6.45, 7) is 0. The molecular formula is C21H16BrNO2S. The first-order chi connectivity index (χ1) is 12.6. The van der Waals surface area contributed by atoms with Crippen LogP contribution in [0.25, 0.3) is 10.9 Å². The van der Waals surface area contributed by atoms with Crippen molar-refractivity contribution in [2.45, 2.75) is 10.1 Å². The zero-order valence-electron chi connectivity index (χ0n) is 13.8. The second kappa shape index (κ2) is 6.74. The summed E-state index contributed by atoms with van der Waals surface area (Å²) in [6.07, 6.45) is 1.80. The number of fused-ring (bicyclic) bond motifs is 1. The number of para-hydroxylation sites is 1. The van der Waals surface area contributed by atoms with E-state index in [0.29, 0.717) is 4.90 Å². The minimum Gasteiger partial charge on any atom is -0.360 e. The van der Waals surface area contributed by atoms with E-state index in [1.807, 2.05) is 54.6 Å². The van der Waals surface area contributed by atoms with Crippen molar-refractivity contribution in [2.24, 2.45) is 0 Å². The molecule has 0 saturated heterocycles. The Morgan fingerprint density at radius 3 is 2.15 bits per heavy atom. The number of hydrogen-bond acceptors (Lipinski definition) is 2. The molecule has 26 heavy (non-hydrogen) atoms. The van der Waals surface area contributed by atoms with Crippen LogP contribution in [0.4, 0.5) is 0 Å². The fraction of sp³-hybridized carbons (Fsp3) is 0.0476. The first kappa shape index (κ1) is 17.1. The second-order valence-corrected chi connectivity index (χ2v) is 8.94. The predicted molar refractivity (Wildman–Crippen MR) is 108 cm³/mol. The summed E-state index contributed by atoms with van der Waals surface area (Å²) in [6, 6.07) is 23.8. The average molecular weight is 426 g/mol. The maximum absolute atomic E-state index is 13.5. The molecule has 0 aliphatic heterocycles. The molecule has 0 amide bonds. The van der Waals surface area contributed by atoms with Gasteiger partial charge in [-0.2, -0.15) is 0 Å². The van der Waals surface area contributed by atoms with Gasteiger partial charge in [-0.25, -0.2) is 8.42 Å². The molecule has 0 saturated carbocycles. The van der Waals surface area contributed by atoms with Gasteiger partial charge < -0.3 is 4.98 Å². The molecule has 4 rings (SSSR count). The van der Waals surface area contributed by atoms with Gasteiger partial charge in [-0.3, -0.25) is 0 Å². The lowest BCUT2D eigenvalue weighted by molar-refractivity contribution is 0.589. The molecule has 0 aliphatic rings. The van der Waals surface area contributed by atoms with Crippen molar-refractivity contribution in [1.29, 1.82) is 0 Å². The van der Waals surface area contributed by atoms with Crippen molar-refractivity contribution in [3.63, 3.8) is 0 Å². The summed E-state index contributed by atoms with van der Waals surface area (Å²) in [5.41, 5.74) is 2.39. The van der Waals surface area contributed by atoms with E-state index in [1.165, 1.54) is 0 Å². The maximum atomic E-state index is 13.5. The van der Waals surface area contributed by atoms with Gasteiger partial charge in [0.25, 0.3) is 0 Å². The van der Waals surface area contributed by atoms with Crippen LogP contribution in [0.15, 0.2) is 94.4 Å². The Kier molecular flexibility index (Phi) is 4.42. The molecule has 3 nitrogen and oxygen atoms in total. The summed E-state index contributed by atoms with van der Waals surface area (Å²) in [5, 5.41) is 0.113. The van der Waals surface area contributed by atoms with Crippen molar-refractivity contribution in [1.82, 2.24) is 4.98 Å². The Morgan fingerprint density at radius 1 is 0.808 bits per heavy atom. The van der Waals surface area contributed by atoms with Gasteiger partial charge in [0, 0.05) is 21.6 Å².